The van der Waals surface area contributed by atoms with E-state index >= 15 is 0 Å². The number of nitrogens with two attached hydrogens (primary N) is 1. The lowest BCUT2D eigenvalue weighted by atomic mass is 9.90. The zero-order valence-corrected chi connectivity index (χ0v) is 16.6. The number of rotatable bonds is 2. The van der Waals surface area contributed by atoms with Gasteiger partial charge in [0.05, 0.1) is 35.7 Å². The maximum Gasteiger partial charge on any atom is 0.419 e. The number of aromatic nitrogens is 3. The Kier molecular flexibility index (Phi) is 6.50. The molecule has 0 aliphatic carbocycles. The molecular weight excluding hydrogens is 403 g/mol. The van der Waals surface area contributed by atoms with Crippen molar-refractivity contribution in [3.05, 3.63) is 23.0 Å². The highest BCUT2D eigenvalue weighted by Crippen LogP contribution is 2.46. The van der Waals surface area contributed by atoms with Crippen LogP contribution in [-0.2, 0) is 21.3 Å². The first-order valence-corrected chi connectivity index (χ1v) is 9.78. The molecule has 11 heteroatoms. The van der Waals surface area contributed by atoms with E-state index in [1.54, 1.807) is 6.07 Å². The molecule has 0 radical (unpaired) electrons. The Morgan fingerprint density at radius 1 is 1.40 bits per heavy atom. The normalized spacial score (nSPS) is 24.3. The molecule has 4 heterocycles. The summed E-state index contributed by atoms with van der Waals surface area (Å²) in [5.41, 5.74) is 2.87. The minimum absolute atomic E-state index is 0.108. The van der Waals surface area contributed by atoms with E-state index in [0.717, 1.165) is 30.2 Å². The van der Waals surface area contributed by atoms with Gasteiger partial charge in [-0.25, -0.2) is 9.50 Å². The Morgan fingerprint density at radius 3 is 2.63 bits per heavy atom. The first-order valence-electron chi connectivity index (χ1n) is 9.78. The number of ether oxygens (including phenoxy) is 2. The van der Waals surface area contributed by atoms with Crippen molar-refractivity contribution in [2.75, 3.05) is 25.6 Å². The first kappa shape index (κ1) is 22.3. The van der Waals surface area contributed by atoms with Gasteiger partial charge in [-0.2, -0.15) is 18.4 Å². The summed E-state index contributed by atoms with van der Waals surface area (Å²) in [5, 5.41) is 22.1. The third kappa shape index (κ3) is 4.21. The van der Waals surface area contributed by atoms with Gasteiger partial charge in [-0.05, 0) is 32.1 Å². The molecule has 0 aromatic carbocycles. The molecule has 2 saturated heterocycles. The first-order chi connectivity index (χ1) is 14.2. The Balaban J connectivity index is 0.000000310. The van der Waals surface area contributed by atoms with Gasteiger partial charge in [0.2, 0.25) is 5.95 Å². The lowest BCUT2D eigenvalue weighted by Crippen LogP contribution is -2.27. The molecule has 2 fully saturated rings. The Bertz CT molecular complexity index is 926. The van der Waals surface area contributed by atoms with E-state index in [1.807, 2.05) is 6.92 Å². The topological polar surface area (TPSA) is 119 Å². The number of nitriles is 1. The molecule has 2 atom stereocenters. The summed E-state index contributed by atoms with van der Waals surface area (Å²) in [6.45, 7) is 3.61. The minimum Gasteiger partial charge on any atom is -0.391 e. The second kappa shape index (κ2) is 8.75. The molecule has 8 nitrogen and oxygen atoms in total. The van der Waals surface area contributed by atoms with Gasteiger partial charge >= 0.3 is 6.18 Å². The Hall–Kier alpha value is -2.42. The van der Waals surface area contributed by atoms with E-state index in [9.17, 15) is 18.4 Å². The predicted octanol–water partition coefficient (Wildman–Crippen LogP) is 2.78. The Labute approximate surface area is 171 Å². The van der Waals surface area contributed by atoms with Crippen molar-refractivity contribution in [2.45, 2.75) is 56.9 Å². The summed E-state index contributed by atoms with van der Waals surface area (Å²) in [7, 11) is 0. The SMILES string of the molecule is CCC1(c2c(C#N)c(C(F)(F)F)c3cnc(N)nn23)CCCO1.OC1CCCOC1. The van der Waals surface area contributed by atoms with Crippen LogP contribution in [0.4, 0.5) is 19.1 Å². The number of nitrogens with zero attached hydrogens (tertiary/aromatic N) is 4. The van der Waals surface area contributed by atoms with Crippen LogP contribution >= 0.6 is 0 Å². The van der Waals surface area contributed by atoms with Gasteiger partial charge in [-0.3, -0.25) is 0 Å². The van der Waals surface area contributed by atoms with Crippen molar-refractivity contribution in [2.24, 2.45) is 0 Å². The van der Waals surface area contributed by atoms with Crippen molar-refractivity contribution in [1.82, 2.24) is 14.6 Å². The lowest BCUT2D eigenvalue weighted by Gasteiger charge is -2.27. The summed E-state index contributed by atoms with van der Waals surface area (Å²) in [6.07, 6.45) is -0.320. The number of halogens is 3. The van der Waals surface area contributed by atoms with Crippen molar-refractivity contribution in [3.8, 4) is 6.07 Å². The molecule has 2 aromatic heterocycles. The van der Waals surface area contributed by atoms with Crippen molar-refractivity contribution >= 4 is 11.5 Å². The van der Waals surface area contributed by atoms with Crippen LogP contribution in [0.1, 0.15) is 55.8 Å². The maximum absolute atomic E-state index is 13.5. The zero-order chi connectivity index (χ0) is 21.9. The number of anilines is 1. The second-order valence-electron chi connectivity index (χ2n) is 7.29. The predicted molar refractivity (Wildman–Crippen MR) is 100 cm³/mol. The summed E-state index contributed by atoms with van der Waals surface area (Å²) in [4.78, 5) is 3.64. The van der Waals surface area contributed by atoms with E-state index in [4.69, 9.17) is 20.3 Å². The molecule has 3 N–H and O–H groups in total. The Morgan fingerprint density at radius 2 is 2.17 bits per heavy atom. The molecule has 2 unspecified atom stereocenters. The van der Waals surface area contributed by atoms with Crippen molar-refractivity contribution < 1.29 is 27.8 Å². The van der Waals surface area contributed by atoms with Crippen LogP contribution in [-0.4, -0.2) is 45.6 Å². The van der Waals surface area contributed by atoms with Gasteiger partial charge in [-0.1, -0.05) is 6.92 Å². The third-order valence-corrected chi connectivity index (χ3v) is 5.34. The van der Waals surface area contributed by atoms with Gasteiger partial charge in [0.1, 0.15) is 17.2 Å². The van der Waals surface area contributed by atoms with E-state index in [2.05, 4.69) is 10.1 Å². The maximum atomic E-state index is 13.5. The van der Waals surface area contributed by atoms with Crippen LogP contribution in [0.15, 0.2) is 6.20 Å². The summed E-state index contributed by atoms with van der Waals surface area (Å²) < 4.78 is 52.3. The highest BCUT2D eigenvalue weighted by molar-refractivity contribution is 5.66. The second-order valence-corrected chi connectivity index (χ2v) is 7.29. The number of hydrogen-bond donors (Lipinski definition) is 2. The summed E-state index contributed by atoms with van der Waals surface area (Å²) in [6, 6.07) is 1.69. The molecule has 0 amide bonds. The van der Waals surface area contributed by atoms with Gasteiger partial charge in [0.25, 0.3) is 0 Å². The average Bonchev–Trinajstić information content (AvgIpc) is 3.31. The van der Waals surface area contributed by atoms with Gasteiger partial charge in [0, 0.05) is 13.2 Å². The molecule has 0 bridgehead atoms. The zero-order valence-electron chi connectivity index (χ0n) is 16.6. The minimum atomic E-state index is -4.71. The molecule has 4 rings (SSSR count). The van der Waals surface area contributed by atoms with E-state index < -0.39 is 22.9 Å². The van der Waals surface area contributed by atoms with Crippen LogP contribution in [0.3, 0.4) is 0 Å². The number of aliphatic hydroxyl groups is 1. The van der Waals surface area contributed by atoms with Crippen molar-refractivity contribution in [3.63, 3.8) is 0 Å². The van der Waals surface area contributed by atoms with Crippen LogP contribution in [0.2, 0.25) is 0 Å². The number of alkyl halides is 3. The highest BCUT2D eigenvalue weighted by Gasteiger charge is 2.47. The highest BCUT2D eigenvalue weighted by atomic mass is 19.4. The standard InChI is InChI=1S/C14H14F3N5O.C5H10O2/c1-2-13(4-3-5-23-13)11-8(6-18)10(14(15,16)17)9-7-20-12(19)21-22(9)11;6-5-2-1-3-7-4-5/h7H,2-5H2,1H3,(H2,19,21);5-6H,1-4H2. The molecule has 2 aromatic rings. The number of hydrogen-bond acceptors (Lipinski definition) is 7. The van der Waals surface area contributed by atoms with Crippen LogP contribution < -0.4 is 5.73 Å². The van der Waals surface area contributed by atoms with Gasteiger partial charge < -0.3 is 20.3 Å². The number of fused-ring (bicyclic) bond motifs is 1. The average molecular weight is 427 g/mol. The summed E-state index contributed by atoms with van der Waals surface area (Å²) in [5.74, 6) is -0.170. The largest absolute Gasteiger partial charge is 0.419 e. The fraction of sp³-hybridized carbons (Fsp3) is 0.632. The fourth-order valence-electron chi connectivity index (χ4n) is 3.93. The quantitative estimate of drug-likeness (QED) is 0.756. The monoisotopic (exact) mass is 427 g/mol. The molecule has 2 aliphatic rings. The molecule has 164 valence electrons. The number of aliphatic hydroxyl groups excluding tert-OH is 1. The molecule has 0 spiro atoms. The van der Waals surface area contributed by atoms with Crippen LogP contribution in [0, 0.1) is 11.3 Å². The smallest absolute Gasteiger partial charge is 0.391 e. The van der Waals surface area contributed by atoms with E-state index in [1.165, 1.54) is 0 Å². The molecule has 2 aliphatic heterocycles. The van der Waals surface area contributed by atoms with E-state index in [0.29, 0.717) is 32.5 Å². The molecule has 30 heavy (non-hydrogen) atoms. The van der Waals surface area contributed by atoms with Crippen molar-refractivity contribution in [1.29, 1.82) is 5.26 Å². The molecule has 0 saturated carbocycles. The molecular formula is C19H24F3N5O3. The fourth-order valence-corrected chi connectivity index (χ4v) is 3.93. The number of nitrogen functional groups attached to an aromatic ring is 1. The van der Waals surface area contributed by atoms with Crippen LogP contribution in [0.25, 0.3) is 5.52 Å². The van der Waals surface area contributed by atoms with E-state index in [-0.39, 0.29) is 23.3 Å². The van der Waals surface area contributed by atoms with Gasteiger partial charge in [-0.15, -0.1) is 5.10 Å². The lowest BCUT2D eigenvalue weighted by molar-refractivity contribution is -0.136. The summed E-state index contributed by atoms with van der Waals surface area (Å²) >= 11 is 0. The van der Waals surface area contributed by atoms with Crippen LogP contribution in [0.5, 0.6) is 0 Å². The van der Waals surface area contributed by atoms with Gasteiger partial charge in [0.15, 0.2) is 0 Å². The third-order valence-electron chi connectivity index (χ3n) is 5.34.